The van der Waals surface area contributed by atoms with E-state index in [2.05, 4.69) is 0 Å². The van der Waals surface area contributed by atoms with Crippen molar-refractivity contribution >= 4 is 23.6 Å². The van der Waals surface area contributed by atoms with E-state index in [0.29, 0.717) is 12.0 Å². The van der Waals surface area contributed by atoms with Gasteiger partial charge in [0.1, 0.15) is 17.1 Å². The van der Waals surface area contributed by atoms with Crippen LogP contribution in [-0.2, 0) is 16.0 Å². The number of nitro benzene ring substituents is 1. The van der Waals surface area contributed by atoms with Crippen LogP contribution < -0.4 is 0 Å². The first-order valence-electron chi connectivity index (χ1n) is 9.89. The van der Waals surface area contributed by atoms with Crippen molar-refractivity contribution < 1.29 is 18.9 Å². The molecule has 0 spiro atoms. The van der Waals surface area contributed by atoms with E-state index in [-0.39, 0.29) is 35.1 Å². The van der Waals surface area contributed by atoms with E-state index in [1.807, 2.05) is 6.92 Å². The predicted octanol–water partition coefficient (Wildman–Crippen LogP) is 3.71. The second kappa shape index (κ2) is 8.29. The van der Waals surface area contributed by atoms with Crippen molar-refractivity contribution in [1.82, 2.24) is 9.80 Å². The minimum atomic E-state index is -1.14. The SMILES string of the molecule is CCC1(Cc2ccc(F)cc2)C(=O)N(C)/C(=C/c2c(C)cccc2[N+](=O)[O-])C(=O)N1C. The highest BCUT2D eigenvalue weighted by Gasteiger charge is 2.50. The average molecular weight is 425 g/mol. The fourth-order valence-electron chi connectivity index (χ4n) is 4.03. The Kier molecular flexibility index (Phi) is 5.92. The van der Waals surface area contributed by atoms with E-state index in [1.54, 1.807) is 38.2 Å². The third-order valence-electron chi connectivity index (χ3n) is 6.00. The number of halogens is 1. The summed E-state index contributed by atoms with van der Waals surface area (Å²) in [6.07, 6.45) is 1.99. The summed E-state index contributed by atoms with van der Waals surface area (Å²) in [6, 6.07) is 10.5. The van der Waals surface area contributed by atoms with Gasteiger partial charge >= 0.3 is 0 Å². The molecule has 2 aromatic carbocycles. The molecule has 1 saturated heterocycles. The molecule has 1 aliphatic rings. The number of benzene rings is 2. The van der Waals surface area contributed by atoms with Crippen molar-refractivity contribution in [3.05, 3.63) is 80.8 Å². The molecule has 8 heteroatoms. The molecule has 0 radical (unpaired) electrons. The first-order valence-corrected chi connectivity index (χ1v) is 9.89. The van der Waals surface area contributed by atoms with Gasteiger partial charge in [-0.3, -0.25) is 19.7 Å². The largest absolute Gasteiger partial charge is 0.325 e. The van der Waals surface area contributed by atoms with Crippen molar-refractivity contribution in [3.8, 4) is 0 Å². The van der Waals surface area contributed by atoms with Crippen LogP contribution in [0.4, 0.5) is 10.1 Å². The molecule has 1 unspecified atom stereocenters. The zero-order valence-electron chi connectivity index (χ0n) is 17.9. The molecule has 0 aliphatic carbocycles. The number of hydrogen-bond acceptors (Lipinski definition) is 4. The van der Waals surface area contributed by atoms with Crippen molar-refractivity contribution in [2.75, 3.05) is 14.1 Å². The first kappa shape index (κ1) is 22.1. The summed E-state index contributed by atoms with van der Waals surface area (Å²) in [5.74, 6) is -1.09. The van der Waals surface area contributed by atoms with E-state index in [0.717, 1.165) is 5.56 Å². The molecule has 0 saturated carbocycles. The van der Waals surface area contributed by atoms with Gasteiger partial charge in [0.05, 0.1) is 10.5 Å². The van der Waals surface area contributed by atoms with Crippen LogP contribution in [0.1, 0.15) is 30.0 Å². The molecule has 1 atom stereocenters. The maximum atomic E-state index is 13.5. The summed E-state index contributed by atoms with van der Waals surface area (Å²) >= 11 is 0. The smallest absolute Gasteiger partial charge is 0.276 e. The summed E-state index contributed by atoms with van der Waals surface area (Å²) in [7, 11) is 3.05. The molecule has 2 aromatic rings. The minimum Gasteiger partial charge on any atom is -0.325 e. The Labute approximate surface area is 179 Å². The summed E-state index contributed by atoms with van der Waals surface area (Å²) in [6.45, 7) is 3.53. The van der Waals surface area contributed by atoms with Crippen LogP contribution in [0.5, 0.6) is 0 Å². The number of rotatable bonds is 5. The molecule has 1 aliphatic heterocycles. The van der Waals surface area contributed by atoms with E-state index >= 15 is 0 Å². The number of carbonyl (C=O) groups excluding carboxylic acids is 2. The van der Waals surface area contributed by atoms with Gasteiger partial charge in [-0.15, -0.1) is 0 Å². The Hall–Kier alpha value is -3.55. The van der Waals surface area contributed by atoms with Gasteiger partial charge in [0.25, 0.3) is 17.5 Å². The second-order valence-corrected chi connectivity index (χ2v) is 7.71. The van der Waals surface area contributed by atoms with Gasteiger partial charge in [0.2, 0.25) is 0 Å². The molecule has 0 bridgehead atoms. The lowest BCUT2D eigenvalue weighted by Crippen LogP contribution is -2.65. The topological polar surface area (TPSA) is 83.8 Å². The van der Waals surface area contributed by atoms with Gasteiger partial charge in [-0.1, -0.05) is 31.2 Å². The van der Waals surface area contributed by atoms with Crippen LogP contribution >= 0.6 is 0 Å². The number of carbonyl (C=O) groups is 2. The number of piperazine rings is 1. The lowest BCUT2D eigenvalue weighted by molar-refractivity contribution is -0.385. The number of nitro groups is 1. The van der Waals surface area contributed by atoms with Crippen LogP contribution in [0, 0.1) is 22.9 Å². The first-order chi connectivity index (χ1) is 14.6. The van der Waals surface area contributed by atoms with E-state index < -0.39 is 16.4 Å². The quantitative estimate of drug-likeness (QED) is 0.415. The zero-order chi connectivity index (χ0) is 22.9. The zero-order valence-corrected chi connectivity index (χ0v) is 17.9. The van der Waals surface area contributed by atoms with E-state index in [1.165, 1.54) is 41.1 Å². The molecule has 31 heavy (non-hydrogen) atoms. The molecule has 7 nitrogen and oxygen atoms in total. The molecule has 2 amide bonds. The molecule has 162 valence electrons. The molecule has 0 aromatic heterocycles. The Morgan fingerprint density at radius 2 is 1.77 bits per heavy atom. The van der Waals surface area contributed by atoms with Crippen molar-refractivity contribution in [2.24, 2.45) is 0 Å². The van der Waals surface area contributed by atoms with E-state index in [4.69, 9.17) is 0 Å². The van der Waals surface area contributed by atoms with Crippen LogP contribution in [0.2, 0.25) is 0 Å². The maximum absolute atomic E-state index is 13.5. The number of nitrogens with zero attached hydrogens (tertiary/aromatic N) is 3. The molecule has 1 heterocycles. The van der Waals surface area contributed by atoms with Gasteiger partial charge in [0.15, 0.2) is 0 Å². The fourth-order valence-corrected chi connectivity index (χ4v) is 4.03. The number of amides is 2. The van der Waals surface area contributed by atoms with Gasteiger partial charge < -0.3 is 9.80 Å². The van der Waals surface area contributed by atoms with E-state index in [9.17, 15) is 24.1 Å². The van der Waals surface area contributed by atoms with Gasteiger partial charge in [-0.2, -0.15) is 0 Å². The number of likely N-dealkylation sites (N-methyl/N-ethyl adjacent to an activating group) is 2. The van der Waals surface area contributed by atoms with Gasteiger partial charge in [-0.25, -0.2) is 4.39 Å². The van der Waals surface area contributed by atoms with Crippen molar-refractivity contribution in [1.29, 1.82) is 0 Å². The summed E-state index contributed by atoms with van der Waals surface area (Å²) in [5, 5.41) is 11.5. The monoisotopic (exact) mass is 425 g/mol. The van der Waals surface area contributed by atoms with Gasteiger partial charge in [0, 0.05) is 26.6 Å². The van der Waals surface area contributed by atoms with Crippen LogP contribution in [0.3, 0.4) is 0 Å². The van der Waals surface area contributed by atoms with Crippen molar-refractivity contribution in [2.45, 2.75) is 32.2 Å². The molecule has 1 fully saturated rings. The highest BCUT2D eigenvalue weighted by Crippen LogP contribution is 2.35. The third-order valence-corrected chi connectivity index (χ3v) is 6.00. The predicted molar refractivity (Wildman–Crippen MR) is 114 cm³/mol. The highest BCUT2D eigenvalue weighted by molar-refractivity contribution is 6.09. The maximum Gasteiger partial charge on any atom is 0.276 e. The standard InChI is InChI=1S/C23H24FN3O4/c1-5-23(14-16-9-11-17(24)12-10-16)22(29)25(3)20(21(28)26(23)4)13-18-15(2)7-6-8-19(18)27(30)31/h6-13H,5,14H2,1-4H3/b20-13+. The van der Waals surface area contributed by atoms with Crippen LogP contribution in [-0.4, -0.2) is 46.2 Å². The third kappa shape index (κ3) is 3.81. The lowest BCUT2D eigenvalue weighted by atomic mass is 9.82. The molecule has 3 rings (SSSR count). The van der Waals surface area contributed by atoms with Crippen molar-refractivity contribution in [3.63, 3.8) is 0 Å². The Balaban J connectivity index is 2.07. The summed E-state index contributed by atoms with van der Waals surface area (Å²) in [4.78, 5) is 40.4. The minimum absolute atomic E-state index is 0.0630. The molecular weight excluding hydrogens is 401 g/mol. The second-order valence-electron chi connectivity index (χ2n) is 7.71. The average Bonchev–Trinajstić information content (AvgIpc) is 2.75. The Bertz CT molecular complexity index is 1080. The summed E-state index contributed by atoms with van der Waals surface area (Å²) in [5.41, 5.74) is 0.420. The lowest BCUT2D eigenvalue weighted by Gasteiger charge is -2.47. The normalized spacial score (nSPS) is 20.5. The summed E-state index contributed by atoms with van der Waals surface area (Å²) < 4.78 is 13.3. The molecular formula is C23H24FN3O4. The van der Waals surface area contributed by atoms with Gasteiger partial charge in [-0.05, 0) is 42.7 Å². The molecule has 0 N–H and O–H groups in total. The van der Waals surface area contributed by atoms with Crippen LogP contribution in [0.25, 0.3) is 6.08 Å². The number of hydrogen-bond donors (Lipinski definition) is 0. The number of aryl methyl sites for hydroxylation is 1. The Morgan fingerprint density at radius 3 is 2.35 bits per heavy atom. The fraction of sp³-hybridized carbons (Fsp3) is 0.304. The highest BCUT2D eigenvalue weighted by atomic mass is 19.1. The Morgan fingerprint density at radius 1 is 1.13 bits per heavy atom. The van der Waals surface area contributed by atoms with Crippen LogP contribution in [0.15, 0.2) is 48.2 Å².